The van der Waals surface area contributed by atoms with Crippen molar-refractivity contribution < 1.29 is 19.0 Å². The van der Waals surface area contributed by atoms with E-state index >= 15 is 0 Å². The van der Waals surface area contributed by atoms with Crippen molar-refractivity contribution in [1.29, 1.82) is 0 Å². The largest absolute Gasteiger partial charge is 0.449 e. The van der Waals surface area contributed by atoms with Crippen LogP contribution in [0.1, 0.15) is 20.8 Å². The number of thioether (sulfide) groups is 1. The van der Waals surface area contributed by atoms with Gasteiger partial charge in [-0.3, -0.25) is 0 Å². The molecule has 0 bridgehead atoms. The predicted octanol–water partition coefficient (Wildman–Crippen LogP) is 3.20. The maximum Gasteiger partial charge on any atom is 0.407 e. The van der Waals surface area contributed by atoms with Crippen LogP contribution in [0.3, 0.4) is 0 Å². The summed E-state index contributed by atoms with van der Waals surface area (Å²) in [5.41, 5.74) is 0. The van der Waals surface area contributed by atoms with Crippen molar-refractivity contribution >= 4 is 47.6 Å². The van der Waals surface area contributed by atoms with Gasteiger partial charge in [-0.05, 0) is 44.0 Å². The van der Waals surface area contributed by atoms with Crippen LogP contribution in [0.2, 0.25) is 0 Å². The van der Waals surface area contributed by atoms with E-state index in [-0.39, 0.29) is 12.7 Å². The summed E-state index contributed by atoms with van der Waals surface area (Å²) in [6, 6.07) is 0. The van der Waals surface area contributed by atoms with Crippen LogP contribution in [0.25, 0.3) is 0 Å². The zero-order valence-electron chi connectivity index (χ0n) is 11.5. The molecule has 0 heterocycles. The summed E-state index contributed by atoms with van der Waals surface area (Å²) >= 11 is 7.73. The average molecular weight is 345 g/mol. The van der Waals surface area contributed by atoms with Gasteiger partial charge in [0.2, 0.25) is 0 Å². The van der Waals surface area contributed by atoms with Crippen LogP contribution in [0.4, 0.5) is 4.79 Å². The monoisotopic (exact) mass is 345 g/mol. The number of ether oxygens (including phenoxy) is 3. The predicted molar refractivity (Wildman–Crippen MR) is 85.3 cm³/mol. The minimum Gasteiger partial charge on any atom is -0.449 e. The van der Waals surface area contributed by atoms with Gasteiger partial charge in [0.05, 0.1) is 6.10 Å². The van der Waals surface area contributed by atoms with E-state index in [1.807, 2.05) is 20.8 Å². The molecule has 9 heteroatoms. The fraction of sp³-hybridized carbons (Fsp3) is 0.900. The van der Waals surface area contributed by atoms with Crippen molar-refractivity contribution in [2.75, 3.05) is 26.0 Å². The first-order chi connectivity index (χ1) is 8.99. The van der Waals surface area contributed by atoms with E-state index in [9.17, 15) is 4.79 Å². The SMILES string of the molecule is CCNC(=O)OCCSC(OC)(OC(C)C)SP=S. The van der Waals surface area contributed by atoms with E-state index in [2.05, 4.69) is 5.32 Å². The molecule has 0 aliphatic rings. The Hall–Kier alpha value is 0.410. The fourth-order valence-corrected chi connectivity index (χ4v) is 5.46. The highest BCUT2D eigenvalue weighted by Gasteiger charge is 2.33. The smallest absolute Gasteiger partial charge is 0.407 e. The Morgan fingerprint density at radius 2 is 2.21 bits per heavy atom. The normalized spacial score (nSPS) is 14.4. The number of hydrogen-bond acceptors (Lipinski definition) is 7. The number of carbonyl (C=O) groups excluding carboxylic acids is 1. The molecule has 0 saturated carbocycles. The van der Waals surface area contributed by atoms with Gasteiger partial charge in [-0.2, -0.15) is 0 Å². The first kappa shape index (κ1) is 19.4. The van der Waals surface area contributed by atoms with Gasteiger partial charge in [0, 0.05) is 26.0 Å². The molecule has 0 fully saturated rings. The molecule has 1 unspecified atom stereocenters. The molecule has 0 aliphatic heterocycles. The Morgan fingerprint density at radius 3 is 2.68 bits per heavy atom. The molecule has 0 radical (unpaired) electrons. The summed E-state index contributed by atoms with van der Waals surface area (Å²) in [6.45, 7) is 7.23. The summed E-state index contributed by atoms with van der Waals surface area (Å²) < 4.78 is 15.3. The van der Waals surface area contributed by atoms with Crippen molar-refractivity contribution in [3.05, 3.63) is 0 Å². The number of rotatable bonds is 10. The van der Waals surface area contributed by atoms with E-state index in [0.29, 0.717) is 18.9 Å². The molecular weight excluding hydrogens is 325 g/mol. The molecule has 0 aromatic rings. The number of alkyl carbamates (subject to hydrolysis) is 1. The summed E-state index contributed by atoms with van der Waals surface area (Å²) in [6.07, 6.45) is -0.397. The van der Waals surface area contributed by atoms with Crippen LogP contribution < -0.4 is 5.32 Å². The Balaban J connectivity index is 4.18. The Kier molecular flexibility index (Phi) is 11.4. The number of amides is 1. The van der Waals surface area contributed by atoms with E-state index in [1.165, 1.54) is 23.1 Å². The Bertz CT molecular complexity index is 284. The summed E-state index contributed by atoms with van der Waals surface area (Å²) in [5, 5.41) is 2.56. The van der Waals surface area contributed by atoms with Crippen molar-refractivity contribution in [3.63, 3.8) is 0 Å². The van der Waals surface area contributed by atoms with Gasteiger partial charge in [-0.25, -0.2) is 4.79 Å². The lowest BCUT2D eigenvalue weighted by atomic mass is 10.5. The lowest BCUT2D eigenvalue weighted by Crippen LogP contribution is -2.30. The topological polar surface area (TPSA) is 56.8 Å². The second kappa shape index (κ2) is 11.1. The highest BCUT2D eigenvalue weighted by Crippen LogP contribution is 2.45. The molecule has 0 spiro atoms. The zero-order chi connectivity index (χ0) is 14.7. The van der Waals surface area contributed by atoms with E-state index < -0.39 is 10.5 Å². The molecule has 0 saturated heterocycles. The maximum atomic E-state index is 11.1. The minimum atomic E-state index is -0.845. The van der Waals surface area contributed by atoms with Crippen LogP contribution in [0.15, 0.2) is 0 Å². The number of hydrogen-bond donors (Lipinski definition) is 1. The van der Waals surface area contributed by atoms with Gasteiger partial charge < -0.3 is 19.5 Å². The fourth-order valence-electron chi connectivity index (χ4n) is 1.06. The van der Waals surface area contributed by atoms with Crippen molar-refractivity contribution in [2.24, 2.45) is 0 Å². The number of methoxy groups -OCH3 is 1. The maximum absolute atomic E-state index is 11.1. The molecule has 112 valence electrons. The van der Waals surface area contributed by atoms with Crippen LogP contribution in [-0.2, 0) is 26.0 Å². The van der Waals surface area contributed by atoms with Crippen LogP contribution >= 0.6 is 29.7 Å². The van der Waals surface area contributed by atoms with Gasteiger partial charge >= 0.3 is 6.09 Å². The second-order valence-electron chi connectivity index (χ2n) is 3.55. The number of nitrogens with one attached hydrogen (secondary N) is 1. The molecule has 1 amide bonds. The third kappa shape index (κ3) is 9.05. The van der Waals surface area contributed by atoms with Crippen LogP contribution in [0.5, 0.6) is 0 Å². The summed E-state index contributed by atoms with van der Waals surface area (Å²) in [4.78, 5) is 11.1. The van der Waals surface area contributed by atoms with E-state index in [4.69, 9.17) is 26.0 Å². The highest BCUT2D eigenvalue weighted by atomic mass is 32.9. The number of carbonyl (C=O) groups is 1. The standard InChI is InChI=1S/C10H20NO4PS3/c1-5-11-9(12)14-6-7-18-10(13-4,19-16-17)15-8(2)3/h8H,5-7H2,1-4H3,(H,11,12). The Labute approximate surface area is 129 Å². The van der Waals surface area contributed by atoms with Gasteiger partial charge in [0.15, 0.2) is 0 Å². The molecular formula is C10H20NO4PS3. The van der Waals surface area contributed by atoms with Gasteiger partial charge in [0.25, 0.3) is 4.45 Å². The minimum absolute atomic E-state index is 0.0148. The van der Waals surface area contributed by atoms with Crippen molar-refractivity contribution in [2.45, 2.75) is 31.3 Å². The third-order valence-corrected chi connectivity index (χ3v) is 5.83. The summed E-state index contributed by atoms with van der Waals surface area (Å²) in [7, 11) is 1.58. The average Bonchev–Trinajstić information content (AvgIpc) is 2.34. The second-order valence-corrected chi connectivity index (χ2v) is 8.25. The molecule has 19 heavy (non-hydrogen) atoms. The molecule has 0 aromatic heterocycles. The van der Waals surface area contributed by atoms with Crippen LogP contribution in [0, 0.1) is 0 Å². The van der Waals surface area contributed by atoms with E-state index in [1.54, 1.807) is 7.11 Å². The zero-order valence-corrected chi connectivity index (χ0v) is 14.8. The van der Waals surface area contributed by atoms with Gasteiger partial charge in [-0.15, -0.1) is 0 Å². The van der Waals surface area contributed by atoms with Gasteiger partial charge in [-0.1, -0.05) is 11.8 Å². The van der Waals surface area contributed by atoms with Crippen molar-refractivity contribution in [3.8, 4) is 0 Å². The summed E-state index contributed by atoms with van der Waals surface area (Å²) in [5.74, 6) is 0.565. The molecule has 0 aliphatic carbocycles. The highest BCUT2D eigenvalue weighted by molar-refractivity contribution is 8.60. The lowest BCUT2D eigenvalue weighted by Gasteiger charge is -2.30. The molecule has 1 N–H and O–H groups in total. The Morgan fingerprint density at radius 1 is 1.53 bits per heavy atom. The molecule has 0 rings (SSSR count). The first-order valence-electron chi connectivity index (χ1n) is 5.78. The molecule has 0 aromatic carbocycles. The molecule has 5 nitrogen and oxygen atoms in total. The van der Waals surface area contributed by atoms with Crippen LogP contribution in [-0.4, -0.2) is 42.7 Å². The lowest BCUT2D eigenvalue weighted by molar-refractivity contribution is -0.112. The van der Waals surface area contributed by atoms with Gasteiger partial charge in [0.1, 0.15) is 6.61 Å². The molecule has 1 atom stereocenters. The van der Waals surface area contributed by atoms with Crippen molar-refractivity contribution in [1.82, 2.24) is 5.32 Å². The third-order valence-electron chi connectivity index (χ3n) is 1.70. The first-order valence-corrected chi connectivity index (χ1v) is 10.1. The van der Waals surface area contributed by atoms with E-state index in [0.717, 1.165) is 0 Å². The quantitative estimate of drug-likeness (QED) is 0.371.